The molecular weight excluding hydrogens is 244 g/mol. The van der Waals surface area contributed by atoms with Crippen LogP contribution in [-0.4, -0.2) is 29.8 Å². The molecule has 3 aromatic rings. The number of ether oxygens (including phenoxy) is 1. The Bertz CT molecular complexity index is 660. The van der Waals surface area contributed by atoms with Gasteiger partial charge in [-0.1, -0.05) is 28.5 Å². The van der Waals surface area contributed by atoms with Crippen molar-refractivity contribution in [3.8, 4) is 11.6 Å². The zero-order valence-corrected chi connectivity index (χ0v) is 10.3. The Morgan fingerprint density at radius 3 is 2.79 bits per heavy atom. The van der Waals surface area contributed by atoms with Gasteiger partial charge in [-0.2, -0.15) is 5.10 Å². The zero-order chi connectivity index (χ0) is 13.1. The van der Waals surface area contributed by atoms with Gasteiger partial charge in [0, 0.05) is 7.05 Å². The molecule has 0 amide bonds. The predicted molar refractivity (Wildman–Crippen MR) is 66.7 cm³/mol. The Labute approximate surface area is 109 Å². The molecule has 0 aliphatic carbocycles. The Kier molecular flexibility index (Phi) is 2.93. The lowest BCUT2D eigenvalue weighted by molar-refractivity contribution is 0.278. The van der Waals surface area contributed by atoms with Gasteiger partial charge in [-0.25, -0.2) is 9.67 Å². The van der Waals surface area contributed by atoms with Crippen LogP contribution in [0.3, 0.4) is 0 Å². The van der Waals surface area contributed by atoms with Crippen molar-refractivity contribution >= 4 is 0 Å². The maximum absolute atomic E-state index is 5.52. The minimum absolute atomic E-state index is 0.310. The van der Waals surface area contributed by atoms with E-state index in [4.69, 9.17) is 4.74 Å². The fourth-order valence-corrected chi connectivity index (χ4v) is 1.61. The van der Waals surface area contributed by atoms with Crippen LogP contribution in [0.25, 0.3) is 5.69 Å². The minimum atomic E-state index is 0.310. The summed E-state index contributed by atoms with van der Waals surface area (Å²) in [7, 11) is 1.81. The summed E-state index contributed by atoms with van der Waals surface area (Å²) in [4.78, 5) is 4.07. The van der Waals surface area contributed by atoms with Crippen molar-refractivity contribution in [2.24, 2.45) is 7.05 Å². The quantitative estimate of drug-likeness (QED) is 0.695. The molecule has 0 aliphatic rings. The van der Waals surface area contributed by atoms with Gasteiger partial charge in [0.2, 0.25) is 0 Å². The van der Waals surface area contributed by atoms with Gasteiger partial charge in [0.15, 0.2) is 5.82 Å². The first-order valence-electron chi connectivity index (χ1n) is 5.76. The molecule has 0 N–H and O–H groups in total. The predicted octanol–water partition coefficient (Wildman–Crippen LogP) is 0.975. The highest BCUT2D eigenvalue weighted by molar-refractivity contribution is 5.30. The van der Waals surface area contributed by atoms with Crippen LogP contribution in [-0.2, 0) is 13.7 Å². The molecule has 0 spiro atoms. The first kappa shape index (κ1) is 11.4. The van der Waals surface area contributed by atoms with E-state index < -0.39 is 0 Å². The molecule has 0 aliphatic heterocycles. The van der Waals surface area contributed by atoms with Crippen molar-refractivity contribution in [2.45, 2.75) is 6.61 Å². The maximum atomic E-state index is 5.52. The van der Waals surface area contributed by atoms with Crippen LogP contribution < -0.4 is 4.74 Å². The van der Waals surface area contributed by atoms with Gasteiger partial charge in [-0.15, -0.1) is 0 Å². The third-order valence-corrected chi connectivity index (χ3v) is 2.65. The number of hydrogen-bond acceptors (Lipinski definition) is 5. The summed E-state index contributed by atoms with van der Waals surface area (Å²) in [6.45, 7) is 0.310. The van der Waals surface area contributed by atoms with Crippen LogP contribution >= 0.6 is 0 Å². The minimum Gasteiger partial charge on any atom is -0.467 e. The first-order chi connectivity index (χ1) is 9.33. The number of aryl methyl sites for hydroxylation is 1. The molecule has 0 saturated carbocycles. The van der Waals surface area contributed by atoms with E-state index in [-0.39, 0.29) is 0 Å². The second kappa shape index (κ2) is 4.89. The van der Waals surface area contributed by atoms with Crippen LogP contribution in [0.2, 0.25) is 0 Å². The molecule has 0 saturated heterocycles. The summed E-state index contributed by atoms with van der Waals surface area (Å²) < 4.78 is 8.83. The molecule has 2 aromatic heterocycles. The molecular formula is C12H12N6O. The Balaban J connectivity index is 1.70. The van der Waals surface area contributed by atoms with Gasteiger partial charge < -0.3 is 4.74 Å². The van der Waals surface area contributed by atoms with Crippen molar-refractivity contribution in [3.63, 3.8) is 0 Å². The van der Waals surface area contributed by atoms with Gasteiger partial charge in [-0.05, 0) is 12.1 Å². The van der Waals surface area contributed by atoms with E-state index in [0.29, 0.717) is 12.5 Å². The number of benzene rings is 1. The highest BCUT2D eigenvalue weighted by Gasteiger charge is 2.06. The molecule has 7 heteroatoms. The summed E-state index contributed by atoms with van der Waals surface area (Å²) in [5.74, 6) is 1.18. The monoisotopic (exact) mass is 256 g/mol. The normalized spacial score (nSPS) is 10.6. The lowest BCUT2D eigenvalue weighted by Crippen LogP contribution is -2.04. The topological polar surface area (TPSA) is 70.7 Å². The molecule has 7 nitrogen and oxygen atoms in total. The van der Waals surface area contributed by atoms with Crippen molar-refractivity contribution < 1.29 is 4.74 Å². The lowest BCUT2D eigenvalue weighted by atomic mass is 10.3. The Hall–Kier alpha value is -2.70. The van der Waals surface area contributed by atoms with E-state index >= 15 is 0 Å². The molecule has 0 atom stereocenters. The van der Waals surface area contributed by atoms with Gasteiger partial charge in [0.25, 0.3) is 5.88 Å². The lowest BCUT2D eigenvalue weighted by Gasteiger charge is -2.00. The second-order valence-electron chi connectivity index (χ2n) is 3.93. The van der Waals surface area contributed by atoms with Crippen LogP contribution in [0.1, 0.15) is 5.82 Å². The van der Waals surface area contributed by atoms with Gasteiger partial charge in [0.1, 0.15) is 12.9 Å². The number of hydrogen-bond donors (Lipinski definition) is 0. The molecule has 1 aromatic carbocycles. The smallest absolute Gasteiger partial charge is 0.254 e. The highest BCUT2D eigenvalue weighted by atomic mass is 16.5. The van der Waals surface area contributed by atoms with E-state index in [1.54, 1.807) is 15.6 Å². The van der Waals surface area contributed by atoms with Crippen molar-refractivity contribution in [3.05, 3.63) is 48.7 Å². The second-order valence-corrected chi connectivity index (χ2v) is 3.93. The standard InChI is InChI=1S/C12H12N6O/c1-17-11(13-9-14-17)8-19-12-7-18(16-15-12)10-5-3-2-4-6-10/h2-7,9H,8H2,1H3. The molecule has 0 fully saturated rings. The van der Waals surface area contributed by atoms with E-state index in [2.05, 4.69) is 20.4 Å². The average molecular weight is 256 g/mol. The molecule has 96 valence electrons. The summed E-state index contributed by atoms with van der Waals surface area (Å²) in [5, 5.41) is 11.9. The molecule has 19 heavy (non-hydrogen) atoms. The Morgan fingerprint density at radius 2 is 2.05 bits per heavy atom. The largest absolute Gasteiger partial charge is 0.467 e. The van der Waals surface area contributed by atoms with Gasteiger partial charge >= 0.3 is 0 Å². The molecule has 2 heterocycles. The van der Waals surface area contributed by atoms with Crippen LogP contribution in [0.5, 0.6) is 5.88 Å². The van der Waals surface area contributed by atoms with Crippen molar-refractivity contribution in [2.75, 3.05) is 0 Å². The third kappa shape index (κ3) is 2.44. The summed E-state index contributed by atoms with van der Waals surface area (Å²) >= 11 is 0. The van der Waals surface area contributed by atoms with E-state index in [9.17, 15) is 0 Å². The van der Waals surface area contributed by atoms with E-state index in [1.807, 2.05) is 37.4 Å². The SMILES string of the molecule is Cn1ncnc1COc1cn(-c2ccccc2)nn1. The van der Waals surface area contributed by atoms with E-state index in [1.165, 1.54) is 6.33 Å². The van der Waals surface area contributed by atoms with Crippen molar-refractivity contribution in [1.29, 1.82) is 0 Å². The fraction of sp³-hybridized carbons (Fsp3) is 0.167. The third-order valence-electron chi connectivity index (χ3n) is 2.65. The maximum Gasteiger partial charge on any atom is 0.254 e. The fourth-order valence-electron chi connectivity index (χ4n) is 1.61. The highest BCUT2D eigenvalue weighted by Crippen LogP contribution is 2.11. The Morgan fingerprint density at radius 1 is 1.21 bits per heavy atom. The molecule has 0 bridgehead atoms. The van der Waals surface area contributed by atoms with Crippen molar-refractivity contribution in [1.82, 2.24) is 29.8 Å². The number of para-hydroxylation sites is 1. The molecule has 3 rings (SSSR count). The van der Waals surface area contributed by atoms with E-state index in [0.717, 1.165) is 11.5 Å². The first-order valence-corrected chi connectivity index (χ1v) is 5.76. The number of aromatic nitrogens is 6. The van der Waals surface area contributed by atoms with Crippen LogP contribution in [0, 0.1) is 0 Å². The van der Waals surface area contributed by atoms with Gasteiger partial charge in [0.05, 0.1) is 11.9 Å². The van der Waals surface area contributed by atoms with Gasteiger partial charge in [-0.3, -0.25) is 4.68 Å². The average Bonchev–Trinajstić information content (AvgIpc) is 3.06. The summed E-state index contributed by atoms with van der Waals surface area (Å²) in [5.41, 5.74) is 0.934. The van der Waals surface area contributed by atoms with Crippen LogP contribution in [0.15, 0.2) is 42.9 Å². The zero-order valence-electron chi connectivity index (χ0n) is 10.3. The van der Waals surface area contributed by atoms with Crippen LogP contribution in [0.4, 0.5) is 0 Å². The number of nitrogens with zero attached hydrogens (tertiary/aromatic N) is 6. The molecule has 0 radical (unpaired) electrons. The summed E-state index contributed by atoms with van der Waals surface area (Å²) in [6, 6.07) is 9.72. The number of rotatable bonds is 4. The summed E-state index contributed by atoms with van der Waals surface area (Å²) in [6.07, 6.45) is 3.21. The molecule has 0 unspecified atom stereocenters.